The molecule has 2 aliphatic rings. The highest BCUT2D eigenvalue weighted by molar-refractivity contribution is 8.00. The van der Waals surface area contributed by atoms with Crippen molar-refractivity contribution in [2.24, 2.45) is 5.73 Å². The van der Waals surface area contributed by atoms with Crippen LogP contribution in [0.2, 0.25) is 0 Å². The van der Waals surface area contributed by atoms with Crippen molar-refractivity contribution in [2.75, 3.05) is 38.5 Å². The molecule has 0 saturated carbocycles. The number of thioether (sulfide) groups is 1. The predicted octanol–water partition coefficient (Wildman–Crippen LogP) is 2.93. The number of fused-ring (bicyclic) bond motifs is 1. The molecule has 0 bridgehead atoms. The lowest BCUT2D eigenvalue weighted by atomic mass is 10.0. The first kappa shape index (κ1) is 27.4. The van der Waals surface area contributed by atoms with Crippen molar-refractivity contribution in [3.8, 4) is 0 Å². The fraction of sp³-hybridized carbons (Fsp3) is 0.917. The van der Waals surface area contributed by atoms with Gasteiger partial charge in [0.15, 0.2) is 0 Å². The minimum atomic E-state index is -0.0314. The number of rotatable bonds is 21. The van der Waals surface area contributed by atoms with Crippen molar-refractivity contribution < 1.29 is 9.59 Å². The Balaban J connectivity index is 1.28. The van der Waals surface area contributed by atoms with Gasteiger partial charge >= 0.3 is 6.03 Å². The molecule has 2 rings (SSSR count). The number of unbranched alkanes of at least 4 members (excludes halogenated alkanes) is 6. The van der Waals surface area contributed by atoms with E-state index in [9.17, 15) is 9.59 Å². The molecule has 0 aromatic heterocycles. The lowest BCUT2D eigenvalue weighted by molar-refractivity contribution is -0.119. The Morgan fingerprint density at radius 2 is 1.47 bits per heavy atom. The summed E-state index contributed by atoms with van der Waals surface area (Å²) in [5, 5.41) is 13.4. The molecule has 2 heterocycles. The van der Waals surface area contributed by atoms with Crippen LogP contribution in [0.4, 0.5) is 4.79 Å². The van der Waals surface area contributed by atoms with E-state index in [1.165, 1.54) is 44.9 Å². The molecule has 0 aliphatic carbocycles. The van der Waals surface area contributed by atoms with E-state index in [0.29, 0.717) is 17.5 Å². The van der Waals surface area contributed by atoms with Crippen LogP contribution in [0, 0.1) is 0 Å². The van der Waals surface area contributed by atoms with Crippen molar-refractivity contribution >= 4 is 23.6 Å². The summed E-state index contributed by atoms with van der Waals surface area (Å²) in [6.07, 6.45) is 14.3. The highest BCUT2D eigenvalue weighted by atomic mass is 32.2. The maximum Gasteiger partial charge on any atom is 0.315 e. The van der Waals surface area contributed by atoms with E-state index < -0.39 is 0 Å². The van der Waals surface area contributed by atoms with Gasteiger partial charge in [-0.2, -0.15) is 11.8 Å². The largest absolute Gasteiger partial charge is 0.332 e. The van der Waals surface area contributed by atoms with Crippen LogP contribution >= 0.6 is 11.8 Å². The van der Waals surface area contributed by atoms with E-state index in [-0.39, 0.29) is 18.1 Å². The molecule has 3 atom stereocenters. The molecule has 0 unspecified atom stereocenters. The van der Waals surface area contributed by atoms with Crippen molar-refractivity contribution in [3.63, 3.8) is 0 Å². The lowest BCUT2D eigenvalue weighted by Crippen LogP contribution is -2.36. The second-order valence-electron chi connectivity index (χ2n) is 9.27. The van der Waals surface area contributed by atoms with Crippen molar-refractivity contribution in [1.82, 2.24) is 21.3 Å². The molecule has 0 aromatic carbocycles. The normalized spacial score (nSPS) is 22.0. The molecule has 2 aliphatic heterocycles. The van der Waals surface area contributed by atoms with Gasteiger partial charge in [0, 0.05) is 23.8 Å². The second-order valence-corrected chi connectivity index (χ2v) is 10.5. The van der Waals surface area contributed by atoms with Crippen LogP contribution in [0.5, 0.6) is 0 Å². The molecule has 0 spiro atoms. The monoisotopic (exact) mass is 469 g/mol. The molecule has 7 nitrogen and oxygen atoms in total. The Kier molecular flexibility index (Phi) is 15.1. The number of urea groups is 1. The van der Waals surface area contributed by atoms with Crippen LogP contribution in [-0.2, 0) is 4.79 Å². The average molecular weight is 470 g/mol. The maximum absolute atomic E-state index is 12.1. The predicted molar refractivity (Wildman–Crippen MR) is 135 cm³/mol. The zero-order valence-corrected chi connectivity index (χ0v) is 20.8. The number of hydrogen-bond acceptors (Lipinski definition) is 6. The maximum atomic E-state index is 12.1. The minimum Gasteiger partial charge on any atom is -0.332 e. The average Bonchev–Trinajstić information content (AvgIpc) is 3.33. The fourth-order valence-electron chi connectivity index (χ4n) is 4.54. The molecule has 0 aromatic rings. The summed E-state index contributed by atoms with van der Waals surface area (Å²) in [7, 11) is 0. The number of amides is 2. The Morgan fingerprint density at radius 1 is 0.844 bits per heavy atom. The van der Waals surface area contributed by atoms with Gasteiger partial charge in [0.25, 0.3) is 0 Å². The number of nitrogens with one attached hydrogen (secondary N) is 4. The van der Waals surface area contributed by atoms with E-state index >= 15 is 0 Å². The van der Waals surface area contributed by atoms with Gasteiger partial charge in [0.05, 0.1) is 12.1 Å². The zero-order valence-electron chi connectivity index (χ0n) is 20.0. The quantitative estimate of drug-likeness (QED) is 0.131. The van der Waals surface area contributed by atoms with Gasteiger partial charge in [-0.1, -0.05) is 32.1 Å². The van der Waals surface area contributed by atoms with Gasteiger partial charge in [0.1, 0.15) is 5.78 Å². The topological polar surface area (TPSA) is 108 Å². The van der Waals surface area contributed by atoms with Crippen LogP contribution in [0.1, 0.15) is 83.5 Å². The standard InChI is InChI=1S/C24H47N5O2S/c25-14-9-16-27-18-10-17-26-15-7-5-3-1-2-4-6-11-20(30)12-8-13-22-23-21(19-32-22)28-24(31)29-23/h21-23,26-27H,1-19,25H2,(H2,28,29,31)/t21-,22-,23-/m0/s1. The molecular weight excluding hydrogens is 422 g/mol. The van der Waals surface area contributed by atoms with Crippen LogP contribution in [-0.4, -0.2) is 67.6 Å². The summed E-state index contributed by atoms with van der Waals surface area (Å²) < 4.78 is 0. The summed E-state index contributed by atoms with van der Waals surface area (Å²) in [5.41, 5.74) is 5.47. The molecule has 2 amide bonds. The van der Waals surface area contributed by atoms with E-state index in [2.05, 4.69) is 21.3 Å². The number of Topliss-reactive ketones (excluding diaryl/α,β-unsaturated/α-hetero) is 1. The summed E-state index contributed by atoms with van der Waals surface area (Å²) >= 11 is 1.93. The van der Waals surface area contributed by atoms with Crippen molar-refractivity contribution in [1.29, 1.82) is 0 Å². The molecule has 2 saturated heterocycles. The molecule has 32 heavy (non-hydrogen) atoms. The number of carbonyl (C=O) groups is 2. The summed E-state index contributed by atoms with van der Waals surface area (Å²) in [6, 6.07) is 0.507. The summed E-state index contributed by atoms with van der Waals surface area (Å²) in [4.78, 5) is 23.6. The van der Waals surface area contributed by atoms with Crippen LogP contribution in [0.25, 0.3) is 0 Å². The fourth-order valence-corrected chi connectivity index (χ4v) is 6.08. The Hall–Kier alpha value is -0.830. The first-order chi connectivity index (χ1) is 15.7. The van der Waals surface area contributed by atoms with E-state index in [1.54, 1.807) is 0 Å². The molecular formula is C24H47N5O2S. The number of ketones is 1. The van der Waals surface area contributed by atoms with Gasteiger partial charge in [0.2, 0.25) is 0 Å². The molecule has 2 fully saturated rings. The van der Waals surface area contributed by atoms with Crippen LogP contribution in [0.15, 0.2) is 0 Å². The first-order valence-corrected chi connectivity index (χ1v) is 14.1. The zero-order chi connectivity index (χ0) is 22.9. The summed E-state index contributed by atoms with van der Waals surface area (Å²) in [6.45, 7) is 5.10. The number of hydrogen-bond donors (Lipinski definition) is 5. The summed E-state index contributed by atoms with van der Waals surface area (Å²) in [5.74, 6) is 1.41. The Bertz CT molecular complexity index is 523. The Labute approximate surface area is 199 Å². The SMILES string of the molecule is NCCCNCCCNCCCCCCCCCC(=O)CCC[C@@H]1SC[C@@H]2NC(=O)N[C@@H]21. The lowest BCUT2D eigenvalue weighted by Gasteiger charge is -2.16. The highest BCUT2D eigenvalue weighted by Gasteiger charge is 2.42. The van der Waals surface area contributed by atoms with Gasteiger partial charge in [-0.05, 0) is 71.2 Å². The second kappa shape index (κ2) is 17.6. The third-order valence-corrected chi connectivity index (χ3v) is 7.96. The molecule has 6 N–H and O–H groups in total. The van der Waals surface area contributed by atoms with Crippen LogP contribution < -0.4 is 27.0 Å². The third kappa shape index (κ3) is 11.9. The molecule has 186 valence electrons. The van der Waals surface area contributed by atoms with Crippen LogP contribution in [0.3, 0.4) is 0 Å². The van der Waals surface area contributed by atoms with E-state index in [0.717, 1.165) is 70.6 Å². The van der Waals surface area contributed by atoms with E-state index in [4.69, 9.17) is 5.73 Å². The van der Waals surface area contributed by atoms with Gasteiger partial charge < -0.3 is 27.0 Å². The Morgan fingerprint density at radius 3 is 2.22 bits per heavy atom. The third-order valence-electron chi connectivity index (χ3n) is 6.46. The van der Waals surface area contributed by atoms with Gasteiger partial charge in [-0.25, -0.2) is 4.79 Å². The molecule has 8 heteroatoms. The highest BCUT2D eigenvalue weighted by Crippen LogP contribution is 2.33. The molecule has 0 radical (unpaired) electrons. The minimum absolute atomic E-state index is 0.0314. The van der Waals surface area contributed by atoms with Crippen molar-refractivity contribution in [3.05, 3.63) is 0 Å². The number of nitrogens with two attached hydrogens (primary N) is 1. The van der Waals surface area contributed by atoms with Crippen molar-refractivity contribution in [2.45, 2.75) is 101 Å². The number of carbonyl (C=O) groups excluding carboxylic acids is 2. The van der Waals surface area contributed by atoms with E-state index in [1.807, 2.05) is 11.8 Å². The smallest absolute Gasteiger partial charge is 0.315 e. The first-order valence-electron chi connectivity index (χ1n) is 13.0. The van der Waals surface area contributed by atoms with Gasteiger partial charge in [-0.3, -0.25) is 4.79 Å². The van der Waals surface area contributed by atoms with Gasteiger partial charge in [-0.15, -0.1) is 0 Å².